The topological polar surface area (TPSA) is 94.3 Å². The number of hydrogen-bond donors (Lipinski definition) is 2. The maximum atomic E-state index is 12.2. The molecule has 134 valence electrons. The molecule has 1 heterocycles. The standard InChI is InChI=1S/C19H26N4O2/c1-3-15(24)23(21)14-11-7-10-13-17(14)16(12-8-5-4-6-9-12)18(19(20)25)22(13)2/h7,10-12H,3-6,8-9,21H2,1-2H3,(H2,20,25). The molecule has 1 fully saturated rings. The Morgan fingerprint density at radius 3 is 2.52 bits per heavy atom. The van der Waals surface area contributed by atoms with Crippen LogP contribution < -0.4 is 16.6 Å². The summed E-state index contributed by atoms with van der Waals surface area (Å²) >= 11 is 0. The number of primary amides is 1. The zero-order valence-corrected chi connectivity index (χ0v) is 14.9. The highest BCUT2D eigenvalue weighted by atomic mass is 16.2. The van der Waals surface area contributed by atoms with Crippen molar-refractivity contribution in [1.82, 2.24) is 4.57 Å². The summed E-state index contributed by atoms with van der Waals surface area (Å²) < 4.78 is 1.84. The van der Waals surface area contributed by atoms with Gasteiger partial charge < -0.3 is 10.3 Å². The molecule has 4 N–H and O–H groups in total. The van der Waals surface area contributed by atoms with E-state index in [-0.39, 0.29) is 11.8 Å². The minimum atomic E-state index is -0.435. The molecule has 1 aromatic carbocycles. The fourth-order valence-electron chi connectivity index (χ4n) is 4.10. The van der Waals surface area contributed by atoms with Gasteiger partial charge in [-0.25, -0.2) is 10.9 Å². The van der Waals surface area contributed by atoms with E-state index in [2.05, 4.69) is 0 Å². The van der Waals surface area contributed by atoms with Crippen molar-refractivity contribution in [3.8, 4) is 0 Å². The van der Waals surface area contributed by atoms with Gasteiger partial charge in [-0.05, 0) is 36.5 Å². The highest BCUT2D eigenvalue weighted by Crippen LogP contribution is 2.42. The number of anilines is 1. The number of aryl methyl sites for hydroxylation is 1. The molecule has 6 nitrogen and oxygen atoms in total. The summed E-state index contributed by atoms with van der Waals surface area (Å²) in [5.41, 5.74) is 8.75. The molecule has 2 amide bonds. The van der Waals surface area contributed by atoms with Gasteiger partial charge in [0.2, 0.25) is 5.91 Å². The first-order valence-electron chi connectivity index (χ1n) is 8.96. The largest absolute Gasteiger partial charge is 0.364 e. The number of hydrazine groups is 1. The Labute approximate surface area is 147 Å². The summed E-state index contributed by atoms with van der Waals surface area (Å²) in [4.78, 5) is 24.4. The third kappa shape index (κ3) is 2.91. The van der Waals surface area contributed by atoms with Crippen LogP contribution in [-0.4, -0.2) is 16.4 Å². The van der Waals surface area contributed by atoms with Gasteiger partial charge in [0.15, 0.2) is 0 Å². The third-order valence-electron chi connectivity index (χ3n) is 5.32. The Balaban J connectivity index is 2.31. The highest BCUT2D eigenvalue weighted by Gasteiger charge is 2.29. The molecule has 0 aliphatic heterocycles. The lowest BCUT2D eigenvalue weighted by molar-refractivity contribution is -0.118. The molecule has 2 aromatic rings. The highest BCUT2D eigenvalue weighted by molar-refractivity contribution is 6.09. The van der Waals surface area contributed by atoms with E-state index >= 15 is 0 Å². The Morgan fingerprint density at radius 2 is 1.92 bits per heavy atom. The summed E-state index contributed by atoms with van der Waals surface area (Å²) in [6.07, 6.45) is 5.88. The van der Waals surface area contributed by atoms with Gasteiger partial charge in [-0.1, -0.05) is 32.3 Å². The lowest BCUT2D eigenvalue weighted by Crippen LogP contribution is -2.37. The van der Waals surface area contributed by atoms with Crippen LogP contribution in [0.1, 0.15) is 67.4 Å². The van der Waals surface area contributed by atoms with Crippen LogP contribution in [0.5, 0.6) is 0 Å². The van der Waals surface area contributed by atoms with Crippen LogP contribution in [0.2, 0.25) is 0 Å². The Kier molecular flexibility index (Phi) is 4.81. The van der Waals surface area contributed by atoms with Crippen LogP contribution in [0, 0.1) is 0 Å². The van der Waals surface area contributed by atoms with Gasteiger partial charge in [0.1, 0.15) is 5.69 Å². The number of rotatable bonds is 4. The van der Waals surface area contributed by atoms with Crippen LogP contribution in [-0.2, 0) is 11.8 Å². The lowest BCUT2D eigenvalue weighted by atomic mass is 9.82. The van der Waals surface area contributed by atoms with Gasteiger partial charge in [0, 0.05) is 18.9 Å². The van der Waals surface area contributed by atoms with Crippen molar-refractivity contribution in [2.45, 2.75) is 51.4 Å². The lowest BCUT2D eigenvalue weighted by Gasteiger charge is -2.24. The molecule has 25 heavy (non-hydrogen) atoms. The fourth-order valence-corrected chi connectivity index (χ4v) is 4.10. The molecular formula is C19H26N4O2. The summed E-state index contributed by atoms with van der Waals surface area (Å²) in [7, 11) is 1.85. The van der Waals surface area contributed by atoms with E-state index in [4.69, 9.17) is 11.6 Å². The molecule has 0 spiro atoms. The average Bonchev–Trinajstić information content (AvgIpc) is 2.94. The molecule has 0 bridgehead atoms. The molecule has 0 unspecified atom stereocenters. The molecule has 1 aliphatic rings. The van der Waals surface area contributed by atoms with Gasteiger partial charge in [-0.2, -0.15) is 0 Å². The summed E-state index contributed by atoms with van der Waals surface area (Å²) in [5, 5.41) is 2.09. The van der Waals surface area contributed by atoms with Gasteiger partial charge in [-0.3, -0.25) is 9.59 Å². The average molecular weight is 342 g/mol. The Bertz CT molecular complexity index is 818. The van der Waals surface area contributed by atoms with Crippen molar-refractivity contribution in [1.29, 1.82) is 0 Å². The molecule has 1 saturated carbocycles. The molecule has 0 atom stereocenters. The first-order chi connectivity index (χ1) is 12.0. The normalized spacial score (nSPS) is 15.5. The maximum absolute atomic E-state index is 12.2. The molecule has 0 radical (unpaired) electrons. The van der Waals surface area contributed by atoms with Crippen molar-refractivity contribution in [3.05, 3.63) is 29.5 Å². The first kappa shape index (κ1) is 17.5. The van der Waals surface area contributed by atoms with Crippen LogP contribution in [0.4, 0.5) is 5.69 Å². The number of fused-ring (bicyclic) bond motifs is 1. The van der Waals surface area contributed by atoms with E-state index < -0.39 is 5.91 Å². The molecule has 3 rings (SSSR count). The summed E-state index contributed by atoms with van der Waals surface area (Å²) in [6.45, 7) is 1.78. The molecule has 0 saturated heterocycles. The van der Waals surface area contributed by atoms with Crippen LogP contribution in [0.15, 0.2) is 18.2 Å². The second-order valence-corrected chi connectivity index (χ2v) is 6.81. The molecular weight excluding hydrogens is 316 g/mol. The first-order valence-corrected chi connectivity index (χ1v) is 8.96. The fraction of sp³-hybridized carbons (Fsp3) is 0.474. The minimum absolute atomic E-state index is 0.161. The van der Waals surface area contributed by atoms with E-state index in [9.17, 15) is 9.59 Å². The Morgan fingerprint density at radius 1 is 1.24 bits per heavy atom. The SMILES string of the molecule is CCC(=O)N(N)c1cccc2c1c(C1CCCCC1)c(C(N)=O)n2C. The number of benzene rings is 1. The van der Waals surface area contributed by atoms with Gasteiger partial charge in [-0.15, -0.1) is 0 Å². The quantitative estimate of drug-likeness (QED) is 0.508. The second-order valence-electron chi connectivity index (χ2n) is 6.81. The molecule has 1 aromatic heterocycles. The minimum Gasteiger partial charge on any atom is -0.364 e. The van der Waals surface area contributed by atoms with Crippen molar-refractivity contribution >= 4 is 28.4 Å². The van der Waals surface area contributed by atoms with Gasteiger partial charge in [0.05, 0.1) is 11.2 Å². The number of nitrogens with zero attached hydrogens (tertiary/aromatic N) is 2. The van der Waals surface area contributed by atoms with Crippen molar-refractivity contribution < 1.29 is 9.59 Å². The third-order valence-corrected chi connectivity index (χ3v) is 5.32. The van der Waals surface area contributed by atoms with Crippen LogP contribution in [0.25, 0.3) is 10.9 Å². The number of aromatic nitrogens is 1. The predicted octanol–water partition coefficient (Wildman–Crippen LogP) is 2.94. The van der Waals surface area contributed by atoms with Crippen molar-refractivity contribution in [2.24, 2.45) is 18.6 Å². The second kappa shape index (κ2) is 6.88. The maximum Gasteiger partial charge on any atom is 0.265 e. The number of carbonyl (C=O) groups excluding carboxylic acids is 2. The van der Waals surface area contributed by atoms with Crippen LogP contribution in [0.3, 0.4) is 0 Å². The number of carbonyl (C=O) groups is 2. The van der Waals surface area contributed by atoms with Crippen molar-refractivity contribution in [3.63, 3.8) is 0 Å². The Hall–Kier alpha value is -2.34. The molecule has 1 aliphatic carbocycles. The number of nitrogens with two attached hydrogens (primary N) is 2. The van der Waals surface area contributed by atoms with E-state index in [1.807, 2.05) is 29.8 Å². The van der Waals surface area contributed by atoms with Gasteiger partial charge >= 0.3 is 0 Å². The zero-order valence-electron chi connectivity index (χ0n) is 14.9. The van der Waals surface area contributed by atoms with Crippen molar-refractivity contribution in [2.75, 3.05) is 5.01 Å². The van der Waals surface area contributed by atoms with E-state index in [1.54, 1.807) is 6.92 Å². The number of hydrogen-bond acceptors (Lipinski definition) is 3. The zero-order chi connectivity index (χ0) is 18.1. The predicted molar refractivity (Wildman–Crippen MR) is 99.2 cm³/mol. The molecule has 6 heteroatoms. The smallest absolute Gasteiger partial charge is 0.265 e. The van der Waals surface area contributed by atoms with Gasteiger partial charge in [0.25, 0.3) is 5.91 Å². The van der Waals surface area contributed by atoms with Crippen LogP contribution >= 0.6 is 0 Å². The number of amides is 2. The summed E-state index contributed by atoms with van der Waals surface area (Å²) in [5.74, 6) is 5.78. The monoisotopic (exact) mass is 342 g/mol. The van der Waals surface area contributed by atoms with E-state index in [0.717, 1.165) is 42.1 Å². The van der Waals surface area contributed by atoms with E-state index in [0.29, 0.717) is 17.8 Å². The summed E-state index contributed by atoms with van der Waals surface area (Å²) in [6, 6.07) is 5.64. The van der Waals surface area contributed by atoms with E-state index in [1.165, 1.54) is 11.4 Å².